The first-order valence-corrected chi connectivity index (χ1v) is 5.80. The van der Waals surface area contributed by atoms with Crippen molar-refractivity contribution in [3.8, 4) is 0 Å². The summed E-state index contributed by atoms with van der Waals surface area (Å²) < 4.78 is 0. The normalized spacial score (nSPS) is 11.2. The smallest absolute Gasteiger partial charge is 0.251 e. The zero-order valence-electron chi connectivity index (χ0n) is 10.9. The molecule has 17 heavy (non-hydrogen) atoms. The first-order valence-electron chi connectivity index (χ1n) is 5.80. The highest BCUT2D eigenvalue weighted by atomic mass is 16.1. The van der Waals surface area contributed by atoms with Gasteiger partial charge in [-0.25, -0.2) is 0 Å². The van der Waals surface area contributed by atoms with Gasteiger partial charge in [0.15, 0.2) is 0 Å². The second-order valence-corrected chi connectivity index (χ2v) is 4.16. The second-order valence-electron chi connectivity index (χ2n) is 4.16. The molecular formula is C14H20N2O. The van der Waals surface area contributed by atoms with Crippen LogP contribution in [0.1, 0.15) is 20.3 Å². The van der Waals surface area contributed by atoms with Crippen molar-refractivity contribution in [2.75, 3.05) is 24.3 Å². The van der Waals surface area contributed by atoms with Crippen molar-refractivity contribution in [1.29, 1.82) is 0 Å². The molecule has 0 aromatic heterocycles. The Morgan fingerprint density at radius 2 is 2.00 bits per heavy atom. The highest BCUT2D eigenvalue weighted by molar-refractivity contribution is 6.05. The van der Waals surface area contributed by atoms with Crippen LogP contribution in [0, 0.1) is 0 Å². The first kappa shape index (κ1) is 13.3. The van der Waals surface area contributed by atoms with E-state index in [2.05, 4.69) is 5.32 Å². The Bertz CT molecular complexity index is 422. The fourth-order valence-corrected chi connectivity index (χ4v) is 1.59. The highest BCUT2D eigenvalue weighted by Gasteiger charge is 2.08. The standard InChI is InChI=1S/C14H20N2O/c1-5-8-11(2)14(17)15-12-9-6-7-10-13(12)16(3)4/h6-10H,5H2,1-4H3,(H,15,17)/b11-8-. The van der Waals surface area contributed by atoms with Crippen molar-refractivity contribution >= 4 is 17.3 Å². The lowest BCUT2D eigenvalue weighted by molar-refractivity contribution is -0.112. The van der Waals surface area contributed by atoms with E-state index in [-0.39, 0.29) is 5.91 Å². The summed E-state index contributed by atoms with van der Waals surface area (Å²) in [5.74, 6) is -0.0406. The zero-order chi connectivity index (χ0) is 12.8. The number of carbonyl (C=O) groups is 1. The molecule has 1 N–H and O–H groups in total. The van der Waals surface area contributed by atoms with Gasteiger partial charge in [-0.3, -0.25) is 4.79 Å². The summed E-state index contributed by atoms with van der Waals surface area (Å²) in [6, 6.07) is 7.77. The average molecular weight is 232 g/mol. The van der Waals surface area contributed by atoms with Crippen LogP contribution in [0.3, 0.4) is 0 Å². The van der Waals surface area contributed by atoms with E-state index in [1.807, 2.05) is 63.2 Å². The Hall–Kier alpha value is -1.77. The largest absolute Gasteiger partial charge is 0.376 e. The molecule has 0 atom stereocenters. The summed E-state index contributed by atoms with van der Waals surface area (Å²) in [6.45, 7) is 3.85. The number of nitrogens with zero attached hydrogens (tertiary/aromatic N) is 1. The van der Waals surface area contributed by atoms with Crippen LogP contribution in [-0.2, 0) is 4.79 Å². The number of rotatable bonds is 4. The maximum Gasteiger partial charge on any atom is 0.251 e. The lowest BCUT2D eigenvalue weighted by Crippen LogP contribution is -2.17. The molecule has 0 saturated carbocycles. The monoisotopic (exact) mass is 232 g/mol. The minimum absolute atomic E-state index is 0.0406. The fourth-order valence-electron chi connectivity index (χ4n) is 1.59. The third-order valence-electron chi connectivity index (χ3n) is 2.50. The molecule has 92 valence electrons. The van der Waals surface area contributed by atoms with Gasteiger partial charge in [-0.1, -0.05) is 25.1 Å². The lowest BCUT2D eigenvalue weighted by Gasteiger charge is -2.17. The number of anilines is 2. The van der Waals surface area contributed by atoms with Crippen molar-refractivity contribution in [2.24, 2.45) is 0 Å². The molecule has 0 spiro atoms. The van der Waals surface area contributed by atoms with Gasteiger partial charge in [-0.05, 0) is 25.5 Å². The van der Waals surface area contributed by atoms with Gasteiger partial charge in [0, 0.05) is 19.7 Å². The number of allylic oxidation sites excluding steroid dienone is 1. The second kappa shape index (κ2) is 6.09. The van der Waals surface area contributed by atoms with E-state index in [1.165, 1.54) is 0 Å². The molecule has 0 saturated heterocycles. The van der Waals surface area contributed by atoms with Gasteiger partial charge >= 0.3 is 0 Å². The number of hydrogen-bond donors (Lipinski definition) is 1. The number of carbonyl (C=O) groups excluding carboxylic acids is 1. The maximum absolute atomic E-state index is 11.9. The summed E-state index contributed by atoms with van der Waals surface area (Å²) in [7, 11) is 3.92. The van der Waals surface area contributed by atoms with E-state index >= 15 is 0 Å². The van der Waals surface area contributed by atoms with Crippen molar-refractivity contribution in [1.82, 2.24) is 0 Å². The Morgan fingerprint density at radius 1 is 1.35 bits per heavy atom. The average Bonchev–Trinajstić information content (AvgIpc) is 2.29. The molecule has 0 bridgehead atoms. The minimum atomic E-state index is -0.0406. The molecule has 0 unspecified atom stereocenters. The Balaban J connectivity index is 2.89. The quantitative estimate of drug-likeness (QED) is 0.809. The molecule has 1 rings (SSSR count). The lowest BCUT2D eigenvalue weighted by atomic mass is 10.2. The molecule has 0 fully saturated rings. The number of para-hydroxylation sites is 2. The van der Waals surface area contributed by atoms with Crippen molar-refractivity contribution in [2.45, 2.75) is 20.3 Å². The van der Waals surface area contributed by atoms with E-state index < -0.39 is 0 Å². The van der Waals surface area contributed by atoms with Crippen LogP contribution in [-0.4, -0.2) is 20.0 Å². The molecule has 3 nitrogen and oxygen atoms in total. The molecule has 1 aromatic carbocycles. The summed E-state index contributed by atoms with van der Waals surface area (Å²) in [5.41, 5.74) is 2.59. The summed E-state index contributed by atoms with van der Waals surface area (Å²) in [5, 5.41) is 2.93. The van der Waals surface area contributed by atoms with Gasteiger partial charge in [-0.15, -0.1) is 0 Å². The summed E-state index contributed by atoms with van der Waals surface area (Å²) >= 11 is 0. The molecule has 1 aromatic rings. The molecular weight excluding hydrogens is 212 g/mol. The maximum atomic E-state index is 11.9. The third-order valence-corrected chi connectivity index (χ3v) is 2.50. The number of nitrogens with one attached hydrogen (secondary N) is 1. The van der Waals surface area contributed by atoms with E-state index in [0.717, 1.165) is 23.4 Å². The van der Waals surface area contributed by atoms with Crippen molar-refractivity contribution in [3.05, 3.63) is 35.9 Å². The predicted octanol–water partition coefficient (Wildman–Crippen LogP) is 3.05. The van der Waals surface area contributed by atoms with E-state index in [4.69, 9.17) is 0 Å². The van der Waals surface area contributed by atoms with Crippen LogP contribution in [0.5, 0.6) is 0 Å². The van der Waals surface area contributed by atoms with Crippen molar-refractivity contribution in [3.63, 3.8) is 0 Å². The molecule has 1 amide bonds. The van der Waals surface area contributed by atoms with Gasteiger partial charge in [0.25, 0.3) is 5.91 Å². The molecule has 0 aliphatic heterocycles. The van der Waals surface area contributed by atoms with Crippen LogP contribution in [0.2, 0.25) is 0 Å². The molecule has 3 heteroatoms. The SMILES string of the molecule is CC/C=C(/C)C(=O)Nc1ccccc1N(C)C. The molecule has 0 heterocycles. The highest BCUT2D eigenvalue weighted by Crippen LogP contribution is 2.23. The number of hydrogen-bond acceptors (Lipinski definition) is 2. The van der Waals surface area contributed by atoms with Crippen LogP contribution in [0.4, 0.5) is 11.4 Å². The molecule has 0 aliphatic carbocycles. The Labute approximate surface area is 103 Å². The van der Waals surface area contributed by atoms with Gasteiger partial charge < -0.3 is 10.2 Å². The summed E-state index contributed by atoms with van der Waals surface area (Å²) in [6.07, 6.45) is 2.79. The van der Waals surface area contributed by atoms with Crippen LogP contribution < -0.4 is 10.2 Å². The molecule has 0 aliphatic rings. The summed E-state index contributed by atoms with van der Waals surface area (Å²) in [4.78, 5) is 13.9. The van der Waals surface area contributed by atoms with Crippen LogP contribution >= 0.6 is 0 Å². The topological polar surface area (TPSA) is 32.3 Å². The van der Waals surface area contributed by atoms with Crippen molar-refractivity contribution < 1.29 is 4.79 Å². The zero-order valence-corrected chi connectivity index (χ0v) is 10.9. The van der Waals surface area contributed by atoms with Crippen LogP contribution in [0.25, 0.3) is 0 Å². The fraction of sp³-hybridized carbons (Fsp3) is 0.357. The third kappa shape index (κ3) is 3.63. The van der Waals surface area contributed by atoms with Crippen LogP contribution in [0.15, 0.2) is 35.9 Å². The molecule has 0 radical (unpaired) electrons. The Kier molecular flexibility index (Phi) is 4.76. The van der Waals surface area contributed by atoms with Gasteiger partial charge in [-0.2, -0.15) is 0 Å². The first-order chi connectivity index (χ1) is 8.06. The van der Waals surface area contributed by atoms with Gasteiger partial charge in [0.1, 0.15) is 0 Å². The van der Waals surface area contributed by atoms with E-state index in [9.17, 15) is 4.79 Å². The minimum Gasteiger partial charge on any atom is -0.376 e. The Morgan fingerprint density at radius 3 is 2.59 bits per heavy atom. The van der Waals surface area contributed by atoms with Gasteiger partial charge in [0.2, 0.25) is 0 Å². The number of amides is 1. The number of benzene rings is 1. The van der Waals surface area contributed by atoms with E-state index in [1.54, 1.807) is 0 Å². The van der Waals surface area contributed by atoms with E-state index in [0.29, 0.717) is 0 Å². The van der Waals surface area contributed by atoms with Gasteiger partial charge in [0.05, 0.1) is 11.4 Å². The predicted molar refractivity (Wildman–Crippen MR) is 73.4 cm³/mol.